The van der Waals surface area contributed by atoms with Crippen LogP contribution in [0.15, 0.2) is 30.6 Å². The molecule has 1 aliphatic heterocycles. The predicted molar refractivity (Wildman–Crippen MR) is 101 cm³/mol. The van der Waals surface area contributed by atoms with Crippen LogP contribution in [-0.4, -0.2) is 28.3 Å². The van der Waals surface area contributed by atoms with E-state index in [1.807, 2.05) is 40.7 Å². The van der Waals surface area contributed by atoms with Crippen molar-refractivity contribution in [3.8, 4) is 0 Å². The van der Waals surface area contributed by atoms with Crippen molar-refractivity contribution in [3.63, 3.8) is 0 Å². The van der Waals surface area contributed by atoms with Gasteiger partial charge in [0.1, 0.15) is 11.5 Å². The van der Waals surface area contributed by atoms with E-state index < -0.39 is 30.2 Å². The number of alkyl halides is 3. The average molecular weight is 393 g/mol. The molecule has 3 heterocycles. The molecular formula is C19H23BF3N3O2. The second kappa shape index (κ2) is 7.04. The fourth-order valence-corrected chi connectivity index (χ4v) is 2.77. The molecule has 0 unspecified atom stereocenters. The number of nitrogens with zero attached hydrogens (tertiary/aromatic N) is 2. The van der Waals surface area contributed by atoms with Crippen LogP contribution < -0.4 is 10.8 Å². The predicted octanol–water partition coefficient (Wildman–Crippen LogP) is 3.72. The molecule has 1 fully saturated rings. The summed E-state index contributed by atoms with van der Waals surface area (Å²) in [5, 5.41) is 3.10. The Bertz CT molecular complexity index is 838. The summed E-state index contributed by atoms with van der Waals surface area (Å²) in [6.07, 6.45) is -1.53. The summed E-state index contributed by atoms with van der Waals surface area (Å²) in [6, 6.07) is 4.23. The third kappa shape index (κ3) is 4.15. The van der Waals surface area contributed by atoms with Crippen LogP contribution in [0.2, 0.25) is 0 Å². The van der Waals surface area contributed by atoms with Gasteiger partial charge in [0.15, 0.2) is 0 Å². The van der Waals surface area contributed by atoms with Crippen LogP contribution in [0.1, 0.15) is 44.5 Å². The fraction of sp³-hybridized carbons (Fsp3) is 0.474. The van der Waals surface area contributed by atoms with Crippen LogP contribution in [-0.2, 0) is 22.0 Å². The highest BCUT2D eigenvalue weighted by atomic mass is 19.4. The number of hydrogen-bond donors (Lipinski definition) is 1. The van der Waals surface area contributed by atoms with Crippen molar-refractivity contribution in [2.45, 2.75) is 58.5 Å². The summed E-state index contributed by atoms with van der Waals surface area (Å²) < 4.78 is 49.8. The molecule has 0 radical (unpaired) electrons. The zero-order valence-electron chi connectivity index (χ0n) is 16.5. The van der Waals surface area contributed by atoms with E-state index in [1.54, 1.807) is 6.20 Å². The van der Waals surface area contributed by atoms with Crippen molar-refractivity contribution in [1.82, 2.24) is 9.97 Å². The minimum atomic E-state index is -4.44. The van der Waals surface area contributed by atoms with Crippen LogP contribution >= 0.6 is 0 Å². The Kier molecular flexibility index (Phi) is 5.18. The molecule has 2 aromatic rings. The van der Waals surface area contributed by atoms with E-state index in [4.69, 9.17) is 9.31 Å². The van der Waals surface area contributed by atoms with Crippen LogP contribution in [0.5, 0.6) is 0 Å². The van der Waals surface area contributed by atoms with Gasteiger partial charge in [0, 0.05) is 24.4 Å². The summed E-state index contributed by atoms with van der Waals surface area (Å²) >= 11 is 0. The Hall–Kier alpha value is -2.13. The van der Waals surface area contributed by atoms with Gasteiger partial charge in [-0.1, -0.05) is 6.07 Å². The van der Waals surface area contributed by atoms with E-state index in [2.05, 4.69) is 15.3 Å². The Morgan fingerprint density at radius 3 is 2.18 bits per heavy atom. The third-order valence-corrected chi connectivity index (χ3v) is 5.25. The summed E-state index contributed by atoms with van der Waals surface area (Å²) in [4.78, 5) is 7.83. The molecule has 0 aromatic carbocycles. The number of aryl methyl sites for hydroxylation is 1. The smallest absolute Gasteiger partial charge is 0.399 e. The molecule has 1 N–H and O–H groups in total. The topological polar surface area (TPSA) is 56.3 Å². The van der Waals surface area contributed by atoms with Crippen molar-refractivity contribution >= 4 is 18.4 Å². The minimum absolute atomic E-state index is 0.313. The first kappa shape index (κ1) is 20.6. The molecule has 1 aliphatic rings. The normalized spacial score (nSPS) is 18.4. The van der Waals surface area contributed by atoms with Crippen LogP contribution in [0.4, 0.5) is 19.0 Å². The maximum atomic E-state index is 12.6. The van der Waals surface area contributed by atoms with Crippen molar-refractivity contribution in [1.29, 1.82) is 0 Å². The van der Waals surface area contributed by atoms with E-state index in [0.29, 0.717) is 17.9 Å². The van der Waals surface area contributed by atoms with Crippen molar-refractivity contribution in [3.05, 3.63) is 47.4 Å². The van der Waals surface area contributed by atoms with Gasteiger partial charge in [0.25, 0.3) is 0 Å². The molecule has 9 heteroatoms. The van der Waals surface area contributed by atoms with Gasteiger partial charge in [0.2, 0.25) is 0 Å². The molecular weight excluding hydrogens is 370 g/mol. The van der Waals surface area contributed by atoms with Gasteiger partial charge in [-0.05, 0) is 57.9 Å². The summed E-state index contributed by atoms with van der Waals surface area (Å²) in [5.74, 6) is 0.609. The van der Waals surface area contributed by atoms with Gasteiger partial charge in [-0.3, -0.25) is 4.98 Å². The maximum absolute atomic E-state index is 12.6. The molecule has 150 valence electrons. The first-order valence-electron chi connectivity index (χ1n) is 8.97. The molecule has 0 bridgehead atoms. The first-order valence-corrected chi connectivity index (χ1v) is 8.97. The van der Waals surface area contributed by atoms with E-state index in [0.717, 1.165) is 17.1 Å². The molecule has 0 spiro atoms. The van der Waals surface area contributed by atoms with E-state index in [9.17, 15) is 13.2 Å². The number of pyridine rings is 2. The highest BCUT2D eigenvalue weighted by molar-refractivity contribution is 6.62. The van der Waals surface area contributed by atoms with Crippen molar-refractivity contribution < 1.29 is 22.5 Å². The molecule has 0 saturated carbocycles. The Morgan fingerprint density at radius 2 is 1.68 bits per heavy atom. The van der Waals surface area contributed by atoms with Crippen molar-refractivity contribution in [2.24, 2.45) is 0 Å². The number of hydrogen-bond acceptors (Lipinski definition) is 5. The first-order chi connectivity index (χ1) is 12.9. The zero-order chi connectivity index (χ0) is 20.7. The number of rotatable bonds is 4. The molecule has 5 nitrogen and oxygen atoms in total. The molecule has 0 atom stereocenters. The Morgan fingerprint density at radius 1 is 1.04 bits per heavy atom. The second-order valence-corrected chi connectivity index (χ2v) is 7.92. The molecule has 3 rings (SSSR count). The minimum Gasteiger partial charge on any atom is -0.399 e. The third-order valence-electron chi connectivity index (χ3n) is 5.25. The molecule has 0 aliphatic carbocycles. The lowest BCUT2D eigenvalue weighted by atomic mass is 9.77. The largest absolute Gasteiger partial charge is 0.496 e. The highest BCUT2D eigenvalue weighted by Gasteiger charge is 2.52. The van der Waals surface area contributed by atoms with Gasteiger partial charge >= 0.3 is 13.3 Å². The average Bonchev–Trinajstić information content (AvgIpc) is 2.80. The number of halogens is 3. The standard InChI is InChI=1S/C19H23BF3N3O2/c1-12-8-16(25-10-13-6-7-15(24-9-13)19(21,22)23)26-11-14(12)20-27-17(2,3)18(4,5)28-20/h6-9,11H,10H2,1-5H3,(H,25,26). The second-order valence-electron chi connectivity index (χ2n) is 7.92. The zero-order valence-corrected chi connectivity index (χ0v) is 16.5. The van der Waals surface area contributed by atoms with Crippen LogP contribution in [0.3, 0.4) is 0 Å². The maximum Gasteiger partial charge on any atom is 0.496 e. The summed E-state index contributed by atoms with van der Waals surface area (Å²) in [7, 11) is -0.495. The molecule has 0 amide bonds. The Balaban J connectivity index is 1.67. The molecule has 28 heavy (non-hydrogen) atoms. The van der Waals surface area contributed by atoms with E-state index >= 15 is 0 Å². The van der Waals surface area contributed by atoms with Crippen molar-refractivity contribution in [2.75, 3.05) is 5.32 Å². The summed E-state index contributed by atoms with van der Waals surface area (Å²) in [6.45, 7) is 10.2. The highest BCUT2D eigenvalue weighted by Crippen LogP contribution is 2.36. The molecule has 2 aromatic heterocycles. The fourth-order valence-electron chi connectivity index (χ4n) is 2.77. The Labute approximate surface area is 162 Å². The van der Waals surface area contributed by atoms with Crippen LogP contribution in [0.25, 0.3) is 0 Å². The lowest BCUT2D eigenvalue weighted by Gasteiger charge is -2.32. The van der Waals surface area contributed by atoms with Gasteiger partial charge in [0.05, 0.1) is 11.2 Å². The molecule has 1 saturated heterocycles. The van der Waals surface area contributed by atoms with Gasteiger partial charge in [-0.2, -0.15) is 13.2 Å². The van der Waals surface area contributed by atoms with E-state index in [-0.39, 0.29) is 0 Å². The van der Waals surface area contributed by atoms with Gasteiger partial charge in [-0.25, -0.2) is 4.98 Å². The number of nitrogens with one attached hydrogen (secondary N) is 1. The lowest BCUT2D eigenvalue weighted by Crippen LogP contribution is -2.41. The van der Waals surface area contributed by atoms with Gasteiger partial charge in [-0.15, -0.1) is 0 Å². The quantitative estimate of drug-likeness (QED) is 0.803. The van der Waals surface area contributed by atoms with Crippen LogP contribution in [0, 0.1) is 6.92 Å². The van der Waals surface area contributed by atoms with E-state index in [1.165, 1.54) is 12.3 Å². The number of aromatic nitrogens is 2. The monoisotopic (exact) mass is 393 g/mol. The lowest BCUT2D eigenvalue weighted by molar-refractivity contribution is -0.141. The summed E-state index contributed by atoms with van der Waals surface area (Å²) in [5.41, 5.74) is 0.647. The SMILES string of the molecule is Cc1cc(NCc2ccc(C(F)(F)F)nc2)ncc1B1OC(C)(C)C(C)(C)O1. The van der Waals surface area contributed by atoms with Gasteiger partial charge < -0.3 is 14.6 Å². The number of anilines is 1.